The highest BCUT2D eigenvalue weighted by Crippen LogP contribution is 2.49. The maximum atomic E-state index is 12.0. The lowest BCUT2D eigenvalue weighted by molar-refractivity contribution is -0.262. The van der Waals surface area contributed by atoms with Crippen LogP contribution in [0.5, 0.6) is 69.0 Å². The summed E-state index contributed by atoms with van der Waals surface area (Å²) in [5, 5.41) is 195. The predicted octanol–water partition coefficient (Wildman–Crippen LogP) is 1.44. The van der Waals surface area contributed by atoms with E-state index in [9.17, 15) is 121 Å². The third-order valence-corrected chi connectivity index (χ3v) is 18.4. The lowest BCUT2D eigenvalue weighted by atomic mass is 9.77. The number of allylic oxidation sites excluding steroid dienone is 2. The number of rotatable bonds is 19. The van der Waals surface area contributed by atoms with Crippen LogP contribution in [-0.4, -0.2) is 241 Å². The van der Waals surface area contributed by atoms with Gasteiger partial charge in [0.2, 0.25) is 22.6 Å². The molecule has 12 rings (SSSR count). The van der Waals surface area contributed by atoms with Gasteiger partial charge in [-0.1, -0.05) is 24.3 Å². The molecular formula is C72H80O34. The van der Waals surface area contributed by atoms with Crippen LogP contribution in [0.25, 0.3) is 11.1 Å². The van der Waals surface area contributed by atoms with Crippen molar-refractivity contribution in [1.29, 1.82) is 0 Å². The number of carbonyl (C=O) groups is 5. The highest BCUT2D eigenvalue weighted by atomic mass is 16.7. The molecule has 3 saturated heterocycles. The lowest BCUT2D eigenvalue weighted by Crippen LogP contribution is -2.63. The van der Waals surface area contributed by atoms with Crippen LogP contribution in [0.3, 0.4) is 0 Å². The molecule has 4 aliphatic heterocycles. The molecule has 20 N–H and O–H groups in total. The summed E-state index contributed by atoms with van der Waals surface area (Å²) in [5.41, 5.74) is -3.39. The summed E-state index contributed by atoms with van der Waals surface area (Å²) in [7, 11) is 6.93. The minimum absolute atomic E-state index is 0.00568. The number of carbonyl (C=O) groups excluding carboxylic acids is 4. The van der Waals surface area contributed by atoms with Crippen molar-refractivity contribution < 1.29 is 169 Å². The van der Waals surface area contributed by atoms with Crippen molar-refractivity contribution in [3.63, 3.8) is 0 Å². The third-order valence-electron chi connectivity index (χ3n) is 18.4. The van der Waals surface area contributed by atoms with Gasteiger partial charge >= 0.3 is 17.9 Å². The fraction of sp³-hybridized carbons (Fsp3) is 0.375. The molecule has 34 heteroatoms. The third kappa shape index (κ3) is 15.9. The Morgan fingerprint density at radius 1 is 0.604 bits per heavy atom. The number of hydrogen-bond donors (Lipinski definition) is 20. The quantitative estimate of drug-likeness (QED) is 0.0403. The zero-order valence-electron chi connectivity index (χ0n) is 57.2. The number of aliphatic carboxylic acids is 1. The summed E-state index contributed by atoms with van der Waals surface area (Å²) < 4.78 is 44.6. The Morgan fingerprint density at radius 2 is 1.09 bits per heavy atom. The van der Waals surface area contributed by atoms with Crippen molar-refractivity contribution >= 4 is 40.6 Å². The maximum absolute atomic E-state index is 12.0. The lowest BCUT2D eigenvalue weighted by Gasteiger charge is -2.34. The average molecular weight is 1490 g/mol. The number of Topliss-reactive ketones (excluding diaryl/α,β-unsaturated/α-hetero) is 2. The minimum Gasteiger partial charge on any atom is -0.504 e. The average Bonchev–Trinajstić information content (AvgIpc) is 1.56. The molecule has 2 aliphatic carbocycles. The van der Waals surface area contributed by atoms with Crippen LogP contribution >= 0.6 is 0 Å². The number of esters is 2. The van der Waals surface area contributed by atoms with Gasteiger partial charge in [0, 0.05) is 66.2 Å². The molecule has 0 spiro atoms. The van der Waals surface area contributed by atoms with Gasteiger partial charge in [0.15, 0.2) is 104 Å². The SMILES string of the molecule is COc1cc(C2=C(O)C(=O)CC2CO)ccc1O.COc1cc(CC(O)(C(=O)O)C2(O)CCOC2=O)ccc1O.COc1cc(CC2(O)C(=O)OC3C(O)COC32O)ccc1O.COc1cc(Cc2cc(O)c(OC)cc2C2=C(O)C(=O)CC2CO)ccc1O.OCC(O)C1OC(O)c2ccc(O)c(O)c21. The monoisotopic (exact) mass is 1490 g/mol. The number of aromatic hydroxyl groups is 7. The van der Waals surface area contributed by atoms with Crippen LogP contribution in [0.1, 0.15) is 76.2 Å². The molecular weight excluding hydrogens is 1410 g/mol. The first kappa shape index (κ1) is 80.9. The number of cyclic esters (lactones) is 1. The zero-order chi connectivity index (χ0) is 78.2. The first-order chi connectivity index (χ1) is 50.1. The van der Waals surface area contributed by atoms with E-state index in [0.29, 0.717) is 45.6 Å². The Kier molecular flexibility index (Phi) is 25.3. The second-order valence-corrected chi connectivity index (χ2v) is 24.9. The van der Waals surface area contributed by atoms with Crippen LogP contribution in [0.2, 0.25) is 0 Å². The molecule has 6 aromatic rings. The molecule has 3 fully saturated rings. The largest absolute Gasteiger partial charge is 0.504 e. The number of phenols is 7. The van der Waals surface area contributed by atoms with Crippen molar-refractivity contribution in [3.8, 4) is 69.0 Å². The van der Waals surface area contributed by atoms with Gasteiger partial charge in [0.1, 0.15) is 18.3 Å². The number of hydrogen-bond acceptors (Lipinski definition) is 33. The number of methoxy groups -OCH3 is 5. The number of aliphatic hydroxyl groups is 12. The molecule has 34 nitrogen and oxygen atoms in total. The molecule has 6 aliphatic rings. The van der Waals surface area contributed by atoms with E-state index in [1.165, 1.54) is 108 Å². The smallest absolute Gasteiger partial charge is 0.344 e. The number of benzene rings is 6. The number of phenolic OH excluding ortho intramolecular Hbond substituents is 7. The van der Waals surface area contributed by atoms with Crippen molar-refractivity contribution in [1.82, 2.24) is 0 Å². The van der Waals surface area contributed by atoms with E-state index in [0.717, 1.165) is 5.56 Å². The van der Waals surface area contributed by atoms with E-state index in [4.69, 9.17) is 43.0 Å². The highest BCUT2D eigenvalue weighted by Gasteiger charge is 2.73. The summed E-state index contributed by atoms with van der Waals surface area (Å²) in [6, 6.07) is 23.2. The van der Waals surface area contributed by atoms with Crippen molar-refractivity contribution in [3.05, 3.63) is 153 Å². The van der Waals surface area contributed by atoms with E-state index in [1.807, 2.05) is 0 Å². The Balaban J connectivity index is 0.000000169. The summed E-state index contributed by atoms with van der Waals surface area (Å²) in [5.74, 6) is -8.98. The second kappa shape index (κ2) is 33.2. The molecule has 11 unspecified atom stereocenters. The Bertz CT molecular complexity index is 4340. The van der Waals surface area contributed by atoms with E-state index in [-0.39, 0.29) is 144 Å². The fourth-order valence-electron chi connectivity index (χ4n) is 12.7. The fourth-order valence-corrected chi connectivity index (χ4v) is 12.7. The molecule has 0 saturated carbocycles. The summed E-state index contributed by atoms with van der Waals surface area (Å²) >= 11 is 0. The number of fused-ring (bicyclic) bond motifs is 2. The van der Waals surface area contributed by atoms with Gasteiger partial charge in [-0.05, 0) is 113 Å². The van der Waals surface area contributed by atoms with Crippen molar-refractivity contribution in [2.75, 3.05) is 68.6 Å². The maximum Gasteiger partial charge on any atom is 0.344 e. The highest BCUT2D eigenvalue weighted by molar-refractivity contribution is 6.07. The topological polar surface area (TPSA) is 573 Å². The Hall–Kier alpha value is -10.7. The number of aliphatic hydroxyl groups excluding tert-OH is 8. The van der Waals surface area contributed by atoms with Gasteiger partial charge in [0.05, 0.1) is 68.6 Å². The van der Waals surface area contributed by atoms with Gasteiger partial charge in [0.25, 0.3) is 0 Å². The van der Waals surface area contributed by atoms with Crippen molar-refractivity contribution in [2.24, 2.45) is 11.8 Å². The number of ether oxygens (including phenoxy) is 9. The van der Waals surface area contributed by atoms with Crippen LogP contribution in [0.4, 0.5) is 0 Å². The molecule has 4 heterocycles. The van der Waals surface area contributed by atoms with Gasteiger partial charge in [-0.25, -0.2) is 14.4 Å². The molecule has 11 atom stereocenters. The molecule has 6 aromatic carbocycles. The van der Waals surface area contributed by atoms with Gasteiger partial charge in [-0.15, -0.1) is 0 Å². The predicted molar refractivity (Wildman–Crippen MR) is 360 cm³/mol. The van der Waals surface area contributed by atoms with Crippen LogP contribution in [-0.2, 0) is 62.2 Å². The summed E-state index contributed by atoms with van der Waals surface area (Å²) in [4.78, 5) is 58.6. The molecule has 0 bridgehead atoms. The van der Waals surface area contributed by atoms with Crippen LogP contribution in [0, 0.1) is 11.8 Å². The standard InChI is InChI=1S/C21H22O7.2C14H16O8.C13H14O5.C10H12O6/c1-27-18-6-11(3-4-15(18)23)5-12-7-16(24)19(28-2)9-14(12)20-13(10-22)8-17(25)21(20)26;1-20-10-4-7(2-3-8(10)15)5-13(18)12(17)22-11-9(16)6-21-14(11,13)19;1-21-10-6-8(2-3-9(10)15)7-14(20,11(16)17)13(19)4-5-22-12(13)18;1-18-11-5-7(2-3-9(11)15)12-8(6-14)4-10(16)13(12)17;11-3-6(13)9-7-4(10(15)16-9)1-2-5(12)8(7)14/h3-4,6-7,9,13,22-24,26H,5,8,10H2,1-2H3;2-4,9,11,15-16,18-19H,5-6H2,1H3;2-3,6,15,19-20H,4-5,7H2,1H3,(H,16,17);2-3,5,8,14-15,17H,4,6H2,1H3;1-2,6,9-15H,3H2. The van der Waals surface area contributed by atoms with Crippen LogP contribution in [0.15, 0.2) is 109 Å². The number of carboxylic acids is 1. The Labute approximate surface area is 601 Å². The van der Waals surface area contributed by atoms with Gasteiger partial charge in [-0.2, -0.15) is 0 Å². The number of carboxylic acid groups (broad SMARTS) is 1. The molecule has 106 heavy (non-hydrogen) atoms. The molecule has 0 radical (unpaired) electrons. The van der Waals surface area contributed by atoms with Gasteiger partial charge in [-0.3, -0.25) is 9.59 Å². The Morgan fingerprint density at radius 3 is 1.62 bits per heavy atom. The molecule has 572 valence electrons. The minimum atomic E-state index is -2.76. The number of ketones is 2. The van der Waals surface area contributed by atoms with E-state index in [2.05, 4.69) is 4.74 Å². The van der Waals surface area contributed by atoms with E-state index >= 15 is 0 Å². The molecule has 0 amide bonds. The molecule has 0 aromatic heterocycles. The van der Waals surface area contributed by atoms with E-state index < -0.39 is 108 Å². The van der Waals surface area contributed by atoms with E-state index in [1.54, 1.807) is 24.3 Å². The zero-order valence-corrected chi connectivity index (χ0v) is 57.2. The normalized spacial score (nSPS) is 24.1. The van der Waals surface area contributed by atoms with Gasteiger partial charge < -0.3 is 145 Å². The van der Waals surface area contributed by atoms with Crippen LogP contribution < -0.4 is 23.7 Å². The first-order valence-electron chi connectivity index (χ1n) is 32.1. The van der Waals surface area contributed by atoms with Crippen molar-refractivity contribution in [2.45, 2.75) is 91.8 Å². The summed E-state index contributed by atoms with van der Waals surface area (Å²) in [6.45, 7) is -1.51. The second-order valence-electron chi connectivity index (χ2n) is 24.9. The first-order valence-corrected chi connectivity index (χ1v) is 32.1. The summed E-state index contributed by atoms with van der Waals surface area (Å²) in [6.07, 6.45) is -6.95.